The normalized spacial score (nSPS) is 19.7. The van der Waals surface area contributed by atoms with Gasteiger partial charge in [-0.25, -0.2) is 5.48 Å². The number of amides is 1. The van der Waals surface area contributed by atoms with Gasteiger partial charge < -0.3 is 5.32 Å². The number of allylic oxidation sites excluding steroid dienone is 1. The number of hydrogen-bond acceptors (Lipinski definition) is 6. The number of nitro benzene ring substituents is 1. The van der Waals surface area contributed by atoms with Crippen LogP contribution in [0.4, 0.5) is 11.4 Å². The van der Waals surface area contributed by atoms with Crippen LogP contribution < -0.4 is 10.8 Å². The van der Waals surface area contributed by atoms with E-state index in [4.69, 9.17) is 5.21 Å². The van der Waals surface area contributed by atoms with Crippen LogP contribution in [0.2, 0.25) is 0 Å². The van der Waals surface area contributed by atoms with E-state index in [0.29, 0.717) is 4.91 Å². The lowest BCUT2D eigenvalue weighted by Crippen LogP contribution is -2.36. The monoisotopic (exact) mass is 365 g/mol. The van der Waals surface area contributed by atoms with Crippen LogP contribution in [0.3, 0.4) is 0 Å². The summed E-state index contributed by atoms with van der Waals surface area (Å²) in [5.74, 6) is -0.777. The molecule has 8 nitrogen and oxygen atoms in total. The number of non-ortho nitro benzene ring substituents is 1. The SMILES string of the molecule is CS(=O)C1=CC(C)(C)C(Nc2cc([N+](=O)[O-])ccc2C(=O)NO)C=C1. The van der Waals surface area contributed by atoms with Crippen LogP contribution in [-0.2, 0) is 10.8 Å². The highest BCUT2D eigenvalue weighted by Gasteiger charge is 2.30. The van der Waals surface area contributed by atoms with E-state index in [1.807, 2.05) is 19.9 Å². The highest BCUT2D eigenvalue weighted by atomic mass is 32.2. The molecule has 0 aromatic heterocycles. The van der Waals surface area contributed by atoms with E-state index in [-0.39, 0.29) is 23.0 Å². The molecule has 2 atom stereocenters. The van der Waals surface area contributed by atoms with Gasteiger partial charge in [-0.05, 0) is 12.1 Å². The molecule has 1 aromatic carbocycles. The molecule has 1 aliphatic carbocycles. The van der Waals surface area contributed by atoms with Crippen molar-refractivity contribution in [3.63, 3.8) is 0 Å². The Morgan fingerprint density at radius 2 is 2.08 bits per heavy atom. The smallest absolute Gasteiger partial charge is 0.276 e. The standard InChI is InChI=1S/C16H19N3O5S/c1-16(2)9-11(25(3)24)5-7-14(16)17-13-8-10(19(22)23)4-6-12(13)15(20)18-21/h4-9,14,17,21H,1-3H3,(H,18,20). The van der Waals surface area contributed by atoms with Crippen LogP contribution in [0.25, 0.3) is 0 Å². The molecular weight excluding hydrogens is 346 g/mol. The first-order valence-corrected chi connectivity index (χ1v) is 8.95. The number of nitro groups is 1. The molecule has 0 saturated carbocycles. The number of hydroxylamine groups is 1. The number of nitrogens with zero attached hydrogens (tertiary/aromatic N) is 1. The third kappa shape index (κ3) is 4.12. The van der Waals surface area contributed by atoms with Gasteiger partial charge in [-0.2, -0.15) is 0 Å². The third-order valence-electron chi connectivity index (χ3n) is 3.97. The van der Waals surface area contributed by atoms with Crippen LogP contribution in [0, 0.1) is 15.5 Å². The third-order valence-corrected chi connectivity index (χ3v) is 4.89. The minimum Gasteiger partial charge on any atom is -0.377 e. The summed E-state index contributed by atoms with van der Waals surface area (Å²) < 4.78 is 11.7. The number of carbonyl (C=O) groups excluding carboxylic acids is 1. The Labute approximate surface area is 147 Å². The number of nitrogens with one attached hydrogen (secondary N) is 2. The number of carbonyl (C=O) groups is 1. The van der Waals surface area contributed by atoms with Crippen molar-refractivity contribution in [3.05, 3.63) is 57.0 Å². The highest BCUT2D eigenvalue weighted by Crippen LogP contribution is 2.34. The van der Waals surface area contributed by atoms with Gasteiger partial charge in [-0.15, -0.1) is 0 Å². The van der Waals surface area contributed by atoms with Crippen LogP contribution >= 0.6 is 0 Å². The molecule has 0 spiro atoms. The Morgan fingerprint density at radius 3 is 2.60 bits per heavy atom. The summed E-state index contributed by atoms with van der Waals surface area (Å²) >= 11 is 0. The summed E-state index contributed by atoms with van der Waals surface area (Å²) in [6, 6.07) is 3.40. The van der Waals surface area contributed by atoms with Gasteiger partial charge in [0, 0.05) is 39.5 Å². The maximum atomic E-state index is 11.8. The van der Waals surface area contributed by atoms with Gasteiger partial charge in [0.15, 0.2) is 0 Å². The lowest BCUT2D eigenvalue weighted by Gasteiger charge is -2.34. The molecule has 1 aliphatic rings. The molecular formula is C16H19N3O5S. The second-order valence-corrected chi connectivity index (χ2v) is 7.61. The quantitative estimate of drug-likeness (QED) is 0.418. The van der Waals surface area contributed by atoms with Gasteiger partial charge in [0.1, 0.15) is 0 Å². The van der Waals surface area contributed by atoms with Crippen molar-refractivity contribution >= 4 is 28.1 Å². The molecule has 9 heteroatoms. The Hall–Kier alpha value is -2.52. The van der Waals surface area contributed by atoms with E-state index in [1.54, 1.807) is 18.4 Å². The van der Waals surface area contributed by atoms with Gasteiger partial charge >= 0.3 is 0 Å². The van der Waals surface area contributed by atoms with Crippen LogP contribution in [0.5, 0.6) is 0 Å². The van der Waals surface area contributed by atoms with Crippen molar-refractivity contribution in [1.82, 2.24) is 5.48 Å². The molecule has 25 heavy (non-hydrogen) atoms. The minimum atomic E-state index is -1.12. The van der Waals surface area contributed by atoms with E-state index >= 15 is 0 Å². The predicted octanol–water partition coefficient (Wildman–Crippen LogP) is 2.35. The van der Waals surface area contributed by atoms with Crippen molar-refractivity contribution in [2.24, 2.45) is 5.41 Å². The Morgan fingerprint density at radius 1 is 1.40 bits per heavy atom. The average molecular weight is 365 g/mol. The summed E-state index contributed by atoms with van der Waals surface area (Å²) in [5, 5.41) is 23.0. The van der Waals surface area contributed by atoms with Crippen LogP contribution in [0.15, 0.2) is 41.3 Å². The van der Waals surface area contributed by atoms with E-state index < -0.39 is 27.0 Å². The maximum Gasteiger partial charge on any atom is 0.276 e. The van der Waals surface area contributed by atoms with Gasteiger partial charge in [0.25, 0.3) is 11.6 Å². The van der Waals surface area contributed by atoms with Crippen LogP contribution in [0.1, 0.15) is 24.2 Å². The van der Waals surface area contributed by atoms with Crippen molar-refractivity contribution in [1.29, 1.82) is 0 Å². The summed E-state index contributed by atoms with van der Waals surface area (Å²) in [5.41, 5.74) is 1.20. The first-order chi connectivity index (χ1) is 11.7. The summed E-state index contributed by atoms with van der Waals surface area (Å²) in [6.07, 6.45) is 6.98. The molecule has 1 amide bonds. The van der Waals surface area contributed by atoms with E-state index in [9.17, 15) is 19.1 Å². The van der Waals surface area contributed by atoms with Gasteiger partial charge in [0.05, 0.1) is 22.2 Å². The zero-order valence-electron chi connectivity index (χ0n) is 14.0. The zero-order valence-corrected chi connectivity index (χ0v) is 14.8. The minimum absolute atomic E-state index is 0.0751. The summed E-state index contributed by atoms with van der Waals surface area (Å²) in [7, 11) is -1.12. The molecule has 0 heterocycles. The molecule has 2 unspecified atom stereocenters. The lowest BCUT2D eigenvalue weighted by molar-refractivity contribution is -0.384. The average Bonchev–Trinajstić information content (AvgIpc) is 2.55. The van der Waals surface area contributed by atoms with E-state index in [1.165, 1.54) is 23.7 Å². The fraction of sp³-hybridized carbons (Fsp3) is 0.312. The fourth-order valence-corrected chi connectivity index (χ4v) is 3.29. The molecule has 2 rings (SSSR count). The molecule has 0 bridgehead atoms. The number of benzene rings is 1. The number of hydrogen-bond donors (Lipinski definition) is 3. The topological polar surface area (TPSA) is 122 Å². The number of rotatable bonds is 5. The second kappa shape index (κ2) is 7.16. The van der Waals surface area contributed by atoms with Crippen molar-refractivity contribution < 1.29 is 19.1 Å². The lowest BCUT2D eigenvalue weighted by atomic mass is 9.81. The second-order valence-electron chi connectivity index (χ2n) is 6.23. The fourth-order valence-electron chi connectivity index (χ4n) is 2.55. The van der Waals surface area contributed by atoms with Gasteiger partial charge in [-0.1, -0.05) is 26.0 Å². The summed E-state index contributed by atoms with van der Waals surface area (Å²) in [4.78, 5) is 23.0. The Kier molecular flexibility index (Phi) is 5.39. The maximum absolute atomic E-state index is 11.8. The van der Waals surface area contributed by atoms with Gasteiger partial charge in [-0.3, -0.25) is 24.3 Å². The first-order valence-electron chi connectivity index (χ1n) is 7.39. The molecule has 0 radical (unpaired) electrons. The Bertz CT molecular complexity index is 801. The number of anilines is 1. The summed E-state index contributed by atoms with van der Waals surface area (Å²) in [6.45, 7) is 3.84. The molecule has 0 aliphatic heterocycles. The zero-order chi connectivity index (χ0) is 18.8. The molecule has 134 valence electrons. The van der Waals surface area contributed by atoms with E-state index in [0.717, 1.165) is 0 Å². The van der Waals surface area contributed by atoms with E-state index in [2.05, 4.69) is 5.32 Å². The highest BCUT2D eigenvalue weighted by molar-refractivity contribution is 7.88. The largest absolute Gasteiger partial charge is 0.377 e. The van der Waals surface area contributed by atoms with Crippen molar-refractivity contribution in [3.8, 4) is 0 Å². The molecule has 0 saturated heterocycles. The Balaban J connectivity index is 2.41. The molecule has 3 N–H and O–H groups in total. The first kappa shape index (κ1) is 18.8. The van der Waals surface area contributed by atoms with Crippen molar-refractivity contribution in [2.45, 2.75) is 19.9 Å². The van der Waals surface area contributed by atoms with Crippen molar-refractivity contribution in [2.75, 3.05) is 11.6 Å². The molecule has 1 aromatic rings. The van der Waals surface area contributed by atoms with Gasteiger partial charge in [0.2, 0.25) is 0 Å². The molecule has 0 fully saturated rings. The van der Waals surface area contributed by atoms with Crippen LogP contribution in [-0.4, -0.2) is 32.5 Å². The predicted molar refractivity (Wildman–Crippen MR) is 94.8 cm³/mol.